The quantitative estimate of drug-likeness (QED) is 0.391. The minimum Gasteiger partial charge on any atom is -0.383 e. The van der Waals surface area contributed by atoms with Crippen LogP contribution in [0.1, 0.15) is 11.1 Å². The predicted octanol–water partition coefficient (Wildman–Crippen LogP) is 4.22. The molecule has 1 aromatic carbocycles. The van der Waals surface area contributed by atoms with Gasteiger partial charge in [0.05, 0.1) is 5.75 Å². The minimum atomic E-state index is -4.30. The first-order valence-electron chi connectivity index (χ1n) is 6.50. The maximum atomic E-state index is 14.0. The van der Waals surface area contributed by atoms with E-state index in [1.165, 1.54) is 12.3 Å². The molecule has 0 aliphatic carbocycles. The number of benzene rings is 1. The average Bonchev–Trinajstić information content (AvgIpc) is 2.48. The summed E-state index contributed by atoms with van der Waals surface area (Å²) in [6.45, 7) is 1.54. The second kappa shape index (κ2) is 6.99. The fourth-order valence-corrected chi connectivity index (χ4v) is 2.55. The van der Waals surface area contributed by atoms with Crippen molar-refractivity contribution < 1.29 is 17.6 Å². The Morgan fingerprint density at radius 3 is 2.70 bits per heavy atom. The lowest BCUT2D eigenvalue weighted by atomic mass is 10.2. The van der Waals surface area contributed by atoms with Crippen molar-refractivity contribution in [2.24, 2.45) is 10.7 Å². The van der Waals surface area contributed by atoms with Crippen LogP contribution in [0.4, 0.5) is 23.2 Å². The third kappa shape index (κ3) is 4.95. The van der Waals surface area contributed by atoms with Gasteiger partial charge in [-0.2, -0.15) is 13.2 Å². The number of aromatic nitrogens is 1. The second-order valence-electron chi connectivity index (χ2n) is 4.71. The summed E-state index contributed by atoms with van der Waals surface area (Å²) < 4.78 is 51.0. The first kappa shape index (κ1) is 17.3. The van der Waals surface area contributed by atoms with Crippen LogP contribution in [-0.4, -0.2) is 22.7 Å². The number of amidine groups is 1. The predicted molar refractivity (Wildman–Crippen MR) is 82.5 cm³/mol. The number of aliphatic imine (C=N–C) groups is 1. The van der Waals surface area contributed by atoms with Gasteiger partial charge in [-0.3, -0.25) is 4.98 Å². The lowest BCUT2D eigenvalue weighted by molar-refractivity contribution is -0.105. The molecule has 0 bridgehead atoms. The molecule has 0 amide bonds. The molecule has 1 aromatic heterocycles. The van der Waals surface area contributed by atoms with E-state index in [2.05, 4.69) is 9.98 Å². The zero-order valence-corrected chi connectivity index (χ0v) is 12.9. The zero-order chi connectivity index (χ0) is 17.0. The highest BCUT2D eigenvalue weighted by molar-refractivity contribution is 7.99. The van der Waals surface area contributed by atoms with Crippen molar-refractivity contribution in [3.05, 3.63) is 53.6 Å². The summed E-state index contributed by atoms with van der Waals surface area (Å²) in [4.78, 5) is 8.14. The lowest BCUT2D eigenvalue weighted by Gasteiger charge is -2.10. The molecule has 2 rings (SSSR count). The van der Waals surface area contributed by atoms with Crippen LogP contribution in [0.3, 0.4) is 0 Å². The Kier molecular flexibility index (Phi) is 5.25. The van der Waals surface area contributed by atoms with Gasteiger partial charge in [-0.05, 0) is 36.8 Å². The van der Waals surface area contributed by atoms with Crippen molar-refractivity contribution in [2.75, 3.05) is 5.75 Å². The van der Waals surface area contributed by atoms with Gasteiger partial charge in [-0.25, -0.2) is 9.38 Å². The molecular weight excluding hydrogens is 330 g/mol. The first-order chi connectivity index (χ1) is 10.8. The Hall–Kier alpha value is -2.09. The number of nitrogens with zero attached hydrogens (tertiary/aromatic N) is 2. The van der Waals surface area contributed by atoms with Crippen LogP contribution in [0.15, 0.2) is 46.5 Å². The molecular formula is C15H13F4N3S. The van der Waals surface area contributed by atoms with E-state index in [0.29, 0.717) is 27.8 Å². The van der Waals surface area contributed by atoms with Crippen LogP contribution in [0.5, 0.6) is 0 Å². The molecule has 3 nitrogen and oxygen atoms in total. The lowest BCUT2D eigenvalue weighted by Crippen LogP contribution is -2.13. The van der Waals surface area contributed by atoms with E-state index in [4.69, 9.17) is 5.73 Å². The Bertz CT molecular complexity index is 715. The maximum Gasteiger partial charge on any atom is 0.398 e. The van der Waals surface area contributed by atoms with Crippen LogP contribution in [0.2, 0.25) is 0 Å². The highest BCUT2D eigenvalue weighted by Gasteiger charge is 2.27. The molecule has 2 aromatic rings. The summed E-state index contributed by atoms with van der Waals surface area (Å²) in [6, 6.07) is 5.71. The molecule has 0 saturated heterocycles. The van der Waals surface area contributed by atoms with E-state index < -0.39 is 17.7 Å². The molecule has 0 unspecified atom stereocenters. The highest BCUT2D eigenvalue weighted by atomic mass is 32.2. The van der Waals surface area contributed by atoms with Gasteiger partial charge in [-0.15, -0.1) is 11.8 Å². The number of nitrogens with two attached hydrogens (primary N) is 1. The van der Waals surface area contributed by atoms with E-state index in [1.54, 1.807) is 25.3 Å². The third-order valence-electron chi connectivity index (χ3n) is 2.83. The summed E-state index contributed by atoms with van der Waals surface area (Å²) in [5, 5.41) is 0. The van der Waals surface area contributed by atoms with Gasteiger partial charge >= 0.3 is 6.18 Å². The van der Waals surface area contributed by atoms with Crippen LogP contribution < -0.4 is 5.73 Å². The van der Waals surface area contributed by atoms with E-state index in [9.17, 15) is 17.6 Å². The second-order valence-corrected chi connectivity index (χ2v) is 5.73. The van der Waals surface area contributed by atoms with Crippen LogP contribution >= 0.6 is 11.8 Å². The van der Waals surface area contributed by atoms with Crippen molar-refractivity contribution in [3.8, 4) is 0 Å². The summed E-state index contributed by atoms with van der Waals surface area (Å²) >= 11 is 0.586. The van der Waals surface area contributed by atoms with Crippen LogP contribution in [0.25, 0.3) is 0 Å². The van der Waals surface area contributed by atoms with Gasteiger partial charge in [-0.1, -0.05) is 0 Å². The number of thioether (sulfide) groups is 1. The molecule has 1 heterocycles. The van der Waals surface area contributed by atoms with Crippen molar-refractivity contribution >= 4 is 23.3 Å². The average molecular weight is 343 g/mol. The Labute approximate surface area is 134 Å². The van der Waals surface area contributed by atoms with Gasteiger partial charge in [0.1, 0.15) is 17.3 Å². The Morgan fingerprint density at radius 1 is 1.35 bits per heavy atom. The normalized spacial score (nSPS) is 12.5. The molecule has 0 aliphatic rings. The van der Waals surface area contributed by atoms with Crippen LogP contribution in [-0.2, 0) is 0 Å². The number of halogens is 4. The minimum absolute atomic E-state index is 0.0348. The number of alkyl halides is 3. The number of hydrogen-bond donors (Lipinski definition) is 1. The molecule has 0 radical (unpaired) electrons. The number of pyridine rings is 1. The summed E-state index contributed by atoms with van der Waals surface area (Å²) in [6.07, 6.45) is -1.29. The summed E-state index contributed by atoms with van der Waals surface area (Å²) in [5.74, 6) is -1.67. The van der Waals surface area contributed by atoms with Gasteiger partial charge in [0, 0.05) is 22.9 Å². The molecule has 0 saturated carbocycles. The van der Waals surface area contributed by atoms with Gasteiger partial charge in [0.15, 0.2) is 0 Å². The summed E-state index contributed by atoms with van der Waals surface area (Å²) in [7, 11) is 0. The third-order valence-corrected chi connectivity index (χ3v) is 4.06. The molecule has 0 aliphatic heterocycles. The molecule has 2 N–H and O–H groups in total. The zero-order valence-electron chi connectivity index (χ0n) is 12.1. The standard InChI is InChI=1S/C15H13F4N3S/c1-9-5-11(16)12(6-13(9)23-8-15(17,18)19)22-14(20)10-3-2-4-21-7-10/h2-7H,8H2,1H3,(H2,20,22). The van der Waals surface area contributed by atoms with Crippen molar-refractivity contribution in [2.45, 2.75) is 18.0 Å². The highest BCUT2D eigenvalue weighted by Crippen LogP contribution is 2.33. The van der Waals surface area contributed by atoms with Gasteiger partial charge in [0.2, 0.25) is 0 Å². The monoisotopic (exact) mass is 343 g/mol. The fraction of sp³-hybridized carbons (Fsp3) is 0.200. The van der Waals surface area contributed by atoms with E-state index in [0.717, 1.165) is 6.07 Å². The first-order valence-corrected chi connectivity index (χ1v) is 7.49. The fourth-order valence-electron chi connectivity index (χ4n) is 1.75. The van der Waals surface area contributed by atoms with Crippen molar-refractivity contribution in [1.29, 1.82) is 0 Å². The topological polar surface area (TPSA) is 51.3 Å². The Balaban J connectivity index is 2.32. The largest absolute Gasteiger partial charge is 0.398 e. The smallest absolute Gasteiger partial charge is 0.383 e. The summed E-state index contributed by atoms with van der Waals surface area (Å²) in [5.41, 5.74) is 6.58. The number of aryl methyl sites for hydroxylation is 1. The molecule has 0 atom stereocenters. The van der Waals surface area contributed by atoms with E-state index in [1.807, 2.05) is 0 Å². The maximum absolute atomic E-state index is 14.0. The van der Waals surface area contributed by atoms with Crippen molar-refractivity contribution in [3.63, 3.8) is 0 Å². The van der Waals surface area contributed by atoms with Gasteiger partial charge < -0.3 is 5.73 Å². The molecule has 8 heteroatoms. The van der Waals surface area contributed by atoms with Gasteiger partial charge in [0.25, 0.3) is 0 Å². The van der Waals surface area contributed by atoms with Crippen LogP contribution in [0, 0.1) is 12.7 Å². The number of rotatable bonds is 4. The van der Waals surface area contributed by atoms with Crippen molar-refractivity contribution in [1.82, 2.24) is 4.98 Å². The SMILES string of the molecule is Cc1cc(F)c(/N=C(\N)c2cccnc2)cc1SCC(F)(F)F. The molecule has 0 fully saturated rings. The molecule has 0 spiro atoms. The van der Waals surface area contributed by atoms with E-state index in [-0.39, 0.29) is 11.5 Å². The van der Waals surface area contributed by atoms with E-state index >= 15 is 0 Å². The number of hydrogen-bond acceptors (Lipinski definition) is 3. The molecule has 122 valence electrons. The Morgan fingerprint density at radius 2 is 2.09 bits per heavy atom. The molecule has 23 heavy (non-hydrogen) atoms.